The van der Waals surface area contributed by atoms with Crippen LogP contribution in [0.1, 0.15) is 11.1 Å². The fraction of sp³-hybridized carbons (Fsp3) is 0.278. The van der Waals surface area contributed by atoms with E-state index < -0.39 is 0 Å². The number of hydrogen-bond acceptors (Lipinski definition) is 3. The molecule has 0 aromatic heterocycles. The van der Waals surface area contributed by atoms with E-state index in [2.05, 4.69) is 11.0 Å². The van der Waals surface area contributed by atoms with Gasteiger partial charge in [-0.25, -0.2) is 0 Å². The molecule has 1 saturated heterocycles. The fourth-order valence-electron chi connectivity index (χ4n) is 2.96. The van der Waals surface area contributed by atoms with Gasteiger partial charge >= 0.3 is 0 Å². The van der Waals surface area contributed by atoms with Crippen molar-refractivity contribution in [2.45, 2.75) is 6.54 Å². The molecule has 0 saturated carbocycles. The first-order valence-corrected chi connectivity index (χ1v) is 7.62. The lowest BCUT2D eigenvalue weighted by atomic mass is 10.1. The van der Waals surface area contributed by atoms with Crippen LogP contribution >= 0.6 is 0 Å². The molecule has 22 heavy (non-hydrogen) atoms. The number of nitriles is 1. The zero-order chi connectivity index (χ0) is 15.4. The minimum Gasteiger partial charge on any atom is -0.506 e. The van der Waals surface area contributed by atoms with Crippen LogP contribution in [0.2, 0.25) is 0 Å². The Kier molecular flexibility index (Phi) is 4.27. The van der Waals surface area contributed by atoms with Crippen molar-refractivity contribution in [1.29, 1.82) is 5.26 Å². The Morgan fingerprint density at radius 1 is 1.05 bits per heavy atom. The number of hydrogen-bond donors (Lipinski definition) is 2. The van der Waals surface area contributed by atoms with Gasteiger partial charge in [-0.3, -0.25) is 0 Å². The Hall–Kier alpha value is -2.51. The SMILES string of the molecule is N#Cc1ccc(C[NH+]2CCN(c3ccccc3O)CC2)cc1. The summed E-state index contributed by atoms with van der Waals surface area (Å²) >= 11 is 0. The highest BCUT2D eigenvalue weighted by molar-refractivity contribution is 5.57. The number of phenolic OH excluding ortho intramolecular Hbond substituents is 1. The van der Waals surface area contributed by atoms with Gasteiger partial charge in [0.1, 0.15) is 12.3 Å². The predicted octanol–water partition coefficient (Wildman–Crippen LogP) is 1.17. The van der Waals surface area contributed by atoms with Crippen LogP contribution in [0, 0.1) is 11.3 Å². The van der Waals surface area contributed by atoms with Crippen molar-refractivity contribution in [2.24, 2.45) is 0 Å². The van der Waals surface area contributed by atoms with E-state index in [9.17, 15) is 5.11 Å². The van der Waals surface area contributed by atoms with Crippen molar-refractivity contribution >= 4 is 5.69 Å². The van der Waals surface area contributed by atoms with Crippen molar-refractivity contribution < 1.29 is 10.0 Å². The Bertz CT molecular complexity index is 667. The second-order valence-electron chi connectivity index (χ2n) is 5.71. The van der Waals surface area contributed by atoms with Crippen molar-refractivity contribution in [3.05, 3.63) is 59.7 Å². The number of benzene rings is 2. The highest BCUT2D eigenvalue weighted by atomic mass is 16.3. The zero-order valence-corrected chi connectivity index (χ0v) is 12.5. The lowest BCUT2D eigenvalue weighted by molar-refractivity contribution is -0.914. The summed E-state index contributed by atoms with van der Waals surface area (Å²) in [5.41, 5.74) is 2.91. The van der Waals surface area contributed by atoms with Gasteiger partial charge in [-0.15, -0.1) is 0 Å². The first kappa shape index (κ1) is 14.4. The van der Waals surface area contributed by atoms with Gasteiger partial charge in [0.2, 0.25) is 0 Å². The van der Waals surface area contributed by atoms with Crippen LogP contribution in [0.4, 0.5) is 5.69 Å². The van der Waals surface area contributed by atoms with E-state index in [1.54, 1.807) is 6.07 Å². The van der Waals surface area contributed by atoms with Gasteiger partial charge in [-0.1, -0.05) is 24.3 Å². The van der Waals surface area contributed by atoms with E-state index in [-0.39, 0.29) is 0 Å². The zero-order valence-electron chi connectivity index (χ0n) is 12.5. The average Bonchev–Trinajstić information content (AvgIpc) is 2.57. The molecule has 1 fully saturated rings. The highest BCUT2D eigenvalue weighted by Crippen LogP contribution is 2.25. The van der Waals surface area contributed by atoms with Crippen LogP contribution in [0.15, 0.2) is 48.5 Å². The highest BCUT2D eigenvalue weighted by Gasteiger charge is 2.21. The number of phenols is 1. The maximum Gasteiger partial charge on any atom is 0.138 e. The van der Waals surface area contributed by atoms with E-state index in [1.165, 1.54) is 10.5 Å². The Labute approximate surface area is 130 Å². The molecule has 0 atom stereocenters. The van der Waals surface area contributed by atoms with Gasteiger partial charge in [0.25, 0.3) is 0 Å². The summed E-state index contributed by atoms with van der Waals surface area (Å²) in [7, 11) is 0. The third-order valence-corrected chi connectivity index (χ3v) is 4.23. The fourth-order valence-corrected chi connectivity index (χ4v) is 2.96. The van der Waals surface area contributed by atoms with Crippen molar-refractivity contribution in [3.8, 4) is 11.8 Å². The predicted molar refractivity (Wildman–Crippen MR) is 85.9 cm³/mol. The summed E-state index contributed by atoms with van der Waals surface area (Å²) in [4.78, 5) is 3.79. The molecule has 0 radical (unpaired) electrons. The number of anilines is 1. The second-order valence-corrected chi connectivity index (χ2v) is 5.71. The van der Waals surface area contributed by atoms with Gasteiger partial charge < -0.3 is 14.9 Å². The Balaban J connectivity index is 1.57. The van der Waals surface area contributed by atoms with Gasteiger partial charge in [-0.2, -0.15) is 5.26 Å². The topological polar surface area (TPSA) is 51.7 Å². The van der Waals surface area contributed by atoms with E-state index in [1.807, 2.05) is 42.5 Å². The van der Waals surface area contributed by atoms with Crippen molar-refractivity contribution in [1.82, 2.24) is 0 Å². The van der Waals surface area contributed by atoms with Crippen LogP contribution in [0.25, 0.3) is 0 Å². The second kappa shape index (κ2) is 6.50. The lowest BCUT2D eigenvalue weighted by Crippen LogP contribution is -3.13. The first-order chi connectivity index (χ1) is 10.8. The largest absolute Gasteiger partial charge is 0.506 e. The van der Waals surface area contributed by atoms with E-state index in [0.29, 0.717) is 11.3 Å². The number of para-hydroxylation sites is 2. The number of nitrogens with zero attached hydrogens (tertiary/aromatic N) is 2. The van der Waals surface area contributed by atoms with Crippen molar-refractivity contribution in [2.75, 3.05) is 31.1 Å². The van der Waals surface area contributed by atoms with Gasteiger partial charge in [-0.05, 0) is 24.3 Å². The molecule has 0 bridgehead atoms. The monoisotopic (exact) mass is 294 g/mol. The molecule has 0 spiro atoms. The average molecular weight is 294 g/mol. The summed E-state index contributed by atoms with van der Waals surface area (Å²) in [6.45, 7) is 4.98. The Morgan fingerprint density at radius 2 is 1.73 bits per heavy atom. The molecule has 4 heteroatoms. The Morgan fingerprint density at radius 3 is 2.36 bits per heavy atom. The molecular formula is C18H20N3O+. The number of quaternary nitrogens is 1. The normalized spacial score (nSPS) is 15.5. The molecule has 1 aliphatic heterocycles. The van der Waals surface area contributed by atoms with E-state index >= 15 is 0 Å². The summed E-state index contributed by atoms with van der Waals surface area (Å²) < 4.78 is 0. The maximum absolute atomic E-state index is 9.94. The molecule has 112 valence electrons. The minimum atomic E-state index is 0.359. The number of piperazine rings is 1. The molecule has 1 heterocycles. The molecule has 0 aliphatic carbocycles. The maximum atomic E-state index is 9.94. The smallest absolute Gasteiger partial charge is 0.138 e. The third kappa shape index (κ3) is 3.21. The van der Waals surface area contributed by atoms with Gasteiger partial charge in [0.15, 0.2) is 0 Å². The van der Waals surface area contributed by atoms with Crippen LogP contribution in [-0.2, 0) is 6.54 Å². The lowest BCUT2D eigenvalue weighted by Gasteiger charge is -2.34. The quantitative estimate of drug-likeness (QED) is 0.893. The molecule has 2 aromatic rings. The summed E-state index contributed by atoms with van der Waals surface area (Å²) in [6.07, 6.45) is 0. The molecule has 3 rings (SSSR count). The van der Waals surface area contributed by atoms with E-state index in [0.717, 1.165) is 38.4 Å². The molecule has 2 N–H and O–H groups in total. The molecule has 0 amide bonds. The first-order valence-electron chi connectivity index (χ1n) is 7.62. The van der Waals surface area contributed by atoms with Crippen molar-refractivity contribution in [3.63, 3.8) is 0 Å². The number of nitrogens with one attached hydrogen (secondary N) is 1. The third-order valence-electron chi connectivity index (χ3n) is 4.23. The summed E-state index contributed by atoms with van der Waals surface area (Å²) in [5.74, 6) is 0.359. The number of aromatic hydroxyl groups is 1. The van der Waals surface area contributed by atoms with Gasteiger partial charge in [0.05, 0.1) is 43.5 Å². The molecule has 0 unspecified atom stereocenters. The van der Waals surface area contributed by atoms with Gasteiger partial charge in [0, 0.05) is 5.56 Å². The van der Waals surface area contributed by atoms with Crippen LogP contribution in [0.5, 0.6) is 5.75 Å². The summed E-state index contributed by atoms with van der Waals surface area (Å²) in [6, 6.07) is 17.5. The minimum absolute atomic E-state index is 0.359. The van der Waals surface area contributed by atoms with Crippen LogP contribution in [-0.4, -0.2) is 31.3 Å². The molecule has 4 nitrogen and oxygen atoms in total. The molecular weight excluding hydrogens is 274 g/mol. The number of rotatable bonds is 3. The summed E-state index contributed by atoms with van der Waals surface area (Å²) in [5, 5.41) is 18.8. The van der Waals surface area contributed by atoms with E-state index in [4.69, 9.17) is 5.26 Å². The molecule has 1 aliphatic rings. The standard InChI is InChI=1S/C18H19N3O/c19-13-15-5-7-16(8-6-15)14-20-9-11-21(12-10-20)17-3-1-2-4-18(17)22/h1-8,22H,9-12,14H2/p+1. The van der Waals surface area contributed by atoms with Crippen LogP contribution < -0.4 is 9.80 Å². The van der Waals surface area contributed by atoms with Crippen LogP contribution in [0.3, 0.4) is 0 Å². The molecule has 2 aromatic carbocycles.